The lowest BCUT2D eigenvalue weighted by atomic mass is 10.1. The number of carbonyl (C=O) groups is 1. The normalized spacial score (nSPS) is 10.6. The smallest absolute Gasteiger partial charge is 0.259 e. The number of hydrogen-bond donors (Lipinski definition) is 2. The number of nitrogens with one attached hydrogen (secondary N) is 1. The van der Waals surface area contributed by atoms with Crippen molar-refractivity contribution in [2.75, 3.05) is 5.32 Å². The van der Waals surface area contributed by atoms with Crippen molar-refractivity contribution in [2.45, 2.75) is 17.0 Å². The molecule has 0 unspecified atom stereocenters. The summed E-state index contributed by atoms with van der Waals surface area (Å²) in [6, 6.07) is 12.6. The van der Waals surface area contributed by atoms with Crippen LogP contribution in [-0.2, 0) is 7.05 Å². The first-order valence-electron chi connectivity index (χ1n) is 7.40. The number of phenols is 1. The molecule has 0 bridgehead atoms. The Morgan fingerprint density at radius 2 is 1.96 bits per heavy atom. The van der Waals surface area contributed by atoms with E-state index in [0.29, 0.717) is 11.3 Å². The van der Waals surface area contributed by atoms with Gasteiger partial charge >= 0.3 is 0 Å². The zero-order valence-corrected chi connectivity index (χ0v) is 14.2. The molecule has 3 aromatic rings. The average Bonchev–Trinajstić information content (AvgIpc) is 2.97. The van der Waals surface area contributed by atoms with Gasteiger partial charge in [0, 0.05) is 30.0 Å². The molecule has 1 aromatic heterocycles. The van der Waals surface area contributed by atoms with E-state index >= 15 is 0 Å². The molecular weight excluding hydrogens is 322 g/mol. The minimum Gasteiger partial charge on any atom is -0.507 e. The number of aromatic hydroxyl groups is 1. The van der Waals surface area contributed by atoms with Gasteiger partial charge in [0.05, 0.1) is 5.56 Å². The monoisotopic (exact) mass is 339 g/mol. The van der Waals surface area contributed by atoms with Gasteiger partial charge < -0.3 is 15.0 Å². The van der Waals surface area contributed by atoms with E-state index in [0.717, 1.165) is 10.1 Å². The molecule has 5 nitrogen and oxygen atoms in total. The van der Waals surface area contributed by atoms with Crippen molar-refractivity contribution in [1.29, 1.82) is 0 Å². The summed E-state index contributed by atoms with van der Waals surface area (Å²) in [5.41, 5.74) is 1.61. The summed E-state index contributed by atoms with van der Waals surface area (Å²) in [5, 5.41) is 13.7. The third-order valence-corrected chi connectivity index (χ3v) is 4.66. The Morgan fingerprint density at radius 3 is 2.62 bits per heavy atom. The molecule has 0 aliphatic rings. The number of anilines is 1. The summed E-state index contributed by atoms with van der Waals surface area (Å²) < 4.78 is 1.95. The van der Waals surface area contributed by atoms with Crippen LogP contribution in [0, 0.1) is 6.92 Å². The summed E-state index contributed by atoms with van der Waals surface area (Å²) in [6.07, 6.45) is 3.65. The maximum absolute atomic E-state index is 12.3. The lowest BCUT2D eigenvalue weighted by molar-refractivity contribution is 0.102. The topological polar surface area (TPSA) is 67.2 Å². The van der Waals surface area contributed by atoms with Gasteiger partial charge in [0.2, 0.25) is 0 Å². The molecule has 0 spiro atoms. The van der Waals surface area contributed by atoms with Crippen molar-refractivity contribution in [2.24, 2.45) is 7.05 Å². The van der Waals surface area contributed by atoms with Crippen LogP contribution in [0.5, 0.6) is 5.75 Å². The molecule has 0 aliphatic carbocycles. The van der Waals surface area contributed by atoms with Gasteiger partial charge in [-0.05, 0) is 42.8 Å². The van der Waals surface area contributed by atoms with E-state index in [-0.39, 0.29) is 17.2 Å². The number of amides is 1. The maximum Gasteiger partial charge on any atom is 0.259 e. The van der Waals surface area contributed by atoms with Gasteiger partial charge in [-0.2, -0.15) is 0 Å². The van der Waals surface area contributed by atoms with E-state index in [2.05, 4.69) is 10.3 Å². The van der Waals surface area contributed by atoms with Crippen molar-refractivity contribution in [1.82, 2.24) is 9.55 Å². The molecule has 0 saturated carbocycles. The second kappa shape index (κ2) is 6.80. The van der Waals surface area contributed by atoms with Crippen LogP contribution < -0.4 is 5.32 Å². The van der Waals surface area contributed by atoms with Gasteiger partial charge in [-0.15, -0.1) is 0 Å². The number of phenolic OH excluding ortho intramolecular Hbond substituents is 1. The molecule has 122 valence electrons. The Bertz CT molecular complexity index is 872. The number of rotatable bonds is 4. The Kier molecular flexibility index (Phi) is 4.57. The molecule has 1 amide bonds. The van der Waals surface area contributed by atoms with Crippen LogP contribution in [0.1, 0.15) is 15.9 Å². The molecule has 0 fully saturated rings. The highest BCUT2D eigenvalue weighted by molar-refractivity contribution is 7.99. The van der Waals surface area contributed by atoms with Gasteiger partial charge in [-0.3, -0.25) is 4.79 Å². The second-order valence-electron chi connectivity index (χ2n) is 5.37. The fourth-order valence-electron chi connectivity index (χ4n) is 2.20. The Hall–Kier alpha value is -2.73. The minimum atomic E-state index is -0.333. The lowest BCUT2D eigenvalue weighted by Gasteiger charge is -2.09. The summed E-state index contributed by atoms with van der Waals surface area (Å²) in [7, 11) is 1.94. The molecule has 6 heteroatoms. The van der Waals surface area contributed by atoms with Crippen LogP contribution in [-0.4, -0.2) is 20.6 Å². The standard InChI is InChI=1S/C18H17N3O2S/c1-12-4-3-5-15(16(12)22)17(23)20-13-6-8-14(9-7-13)24-18-19-10-11-21(18)2/h3-11,22H,1-2H3,(H,20,23). The van der Waals surface area contributed by atoms with Gasteiger partial charge in [0.25, 0.3) is 5.91 Å². The SMILES string of the molecule is Cc1cccc(C(=O)Nc2ccc(Sc3nccn3C)cc2)c1O. The fourth-order valence-corrected chi connectivity index (χ4v) is 3.00. The van der Waals surface area contributed by atoms with Crippen LogP contribution in [0.4, 0.5) is 5.69 Å². The van der Waals surface area contributed by atoms with E-state index in [9.17, 15) is 9.90 Å². The Balaban J connectivity index is 1.71. The number of benzene rings is 2. The van der Waals surface area contributed by atoms with Gasteiger partial charge in [0.1, 0.15) is 5.75 Å². The van der Waals surface area contributed by atoms with Crippen LogP contribution in [0.2, 0.25) is 0 Å². The zero-order valence-electron chi connectivity index (χ0n) is 13.4. The van der Waals surface area contributed by atoms with Gasteiger partial charge in [-0.25, -0.2) is 4.98 Å². The number of hydrogen-bond acceptors (Lipinski definition) is 4. The molecule has 0 radical (unpaired) electrons. The number of nitrogens with zero attached hydrogens (tertiary/aromatic N) is 2. The highest BCUT2D eigenvalue weighted by atomic mass is 32.2. The summed E-state index contributed by atoms with van der Waals surface area (Å²) in [4.78, 5) is 17.6. The summed E-state index contributed by atoms with van der Waals surface area (Å²) in [5.74, 6) is -0.322. The van der Waals surface area contributed by atoms with Crippen molar-refractivity contribution >= 4 is 23.4 Å². The molecule has 2 N–H and O–H groups in total. The molecule has 0 aliphatic heterocycles. The number of para-hydroxylation sites is 1. The van der Waals surface area contributed by atoms with E-state index < -0.39 is 0 Å². The van der Waals surface area contributed by atoms with Crippen molar-refractivity contribution in [3.63, 3.8) is 0 Å². The van der Waals surface area contributed by atoms with E-state index in [1.165, 1.54) is 0 Å². The molecule has 0 atom stereocenters. The molecule has 1 heterocycles. The number of aromatic nitrogens is 2. The maximum atomic E-state index is 12.3. The largest absolute Gasteiger partial charge is 0.507 e. The summed E-state index contributed by atoms with van der Waals surface area (Å²) in [6.45, 7) is 1.76. The fraction of sp³-hybridized carbons (Fsp3) is 0.111. The first-order valence-corrected chi connectivity index (χ1v) is 8.21. The van der Waals surface area contributed by atoms with Crippen LogP contribution in [0.25, 0.3) is 0 Å². The molecule has 24 heavy (non-hydrogen) atoms. The highest BCUT2D eigenvalue weighted by Gasteiger charge is 2.12. The van der Waals surface area contributed by atoms with Crippen LogP contribution in [0.15, 0.2) is 64.9 Å². The third kappa shape index (κ3) is 3.44. The van der Waals surface area contributed by atoms with Gasteiger partial charge in [-0.1, -0.05) is 23.9 Å². The first-order chi connectivity index (χ1) is 11.5. The predicted octanol–water partition coefficient (Wildman–Crippen LogP) is 3.84. The van der Waals surface area contributed by atoms with E-state index in [1.807, 2.05) is 42.1 Å². The van der Waals surface area contributed by atoms with Crippen molar-refractivity contribution in [3.05, 3.63) is 66.0 Å². The number of carbonyl (C=O) groups excluding carboxylic acids is 1. The number of imidazole rings is 1. The van der Waals surface area contributed by atoms with E-state index in [1.54, 1.807) is 43.1 Å². The summed E-state index contributed by atoms with van der Waals surface area (Å²) >= 11 is 1.55. The molecule has 3 rings (SSSR count). The third-order valence-electron chi connectivity index (χ3n) is 3.58. The van der Waals surface area contributed by atoms with Crippen molar-refractivity contribution in [3.8, 4) is 5.75 Å². The van der Waals surface area contributed by atoms with Crippen LogP contribution >= 0.6 is 11.8 Å². The van der Waals surface area contributed by atoms with Gasteiger partial charge in [0.15, 0.2) is 5.16 Å². The Labute approximate surface area is 144 Å². The molecule has 2 aromatic carbocycles. The zero-order chi connectivity index (χ0) is 17.1. The molecular formula is C18H17N3O2S. The predicted molar refractivity (Wildman–Crippen MR) is 94.6 cm³/mol. The van der Waals surface area contributed by atoms with Crippen molar-refractivity contribution < 1.29 is 9.90 Å². The first kappa shape index (κ1) is 16.1. The minimum absolute atomic E-state index is 0.0111. The molecule has 0 saturated heterocycles. The number of aryl methyl sites for hydroxylation is 2. The van der Waals surface area contributed by atoms with E-state index in [4.69, 9.17) is 0 Å². The average molecular weight is 339 g/mol. The Morgan fingerprint density at radius 1 is 1.21 bits per heavy atom. The lowest BCUT2D eigenvalue weighted by Crippen LogP contribution is -2.12. The second-order valence-corrected chi connectivity index (χ2v) is 6.41. The quantitative estimate of drug-likeness (QED) is 0.758. The van der Waals surface area contributed by atoms with Crippen LogP contribution in [0.3, 0.4) is 0 Å². The highest BCUT2D eigenvalue weighted by Crippen LogP contribution is 2.27.